The van der Waals surface area contributed by atoms with Crippen LogP contribution >= 0.6 is 0 Å². The lowest BCUT2D eigenvalue weighted by Gasteiger charge is -2.56. The number of aliphatic carboxylic acids is 1. The van der Waals surface area contributed by atoms with Gasteiger partial charge in [-0.3, -0.25) is 14.4 Å². The molecule has 0 spiro atoms. The molecule has 6 N–H and O–H groups in total. The van der Waals surface area contributed by atoms with Crippen LogP contribution in [0.4, 0.5) is 0 Å². The maximum atomic E-state index is 13.6. The number of aromatic hydroxyl groups is 1. The van der Waals surface area contributed by atoms with Gasteiger partial charge in [0.1, 0.15) is 17.4 Å². The number of hydrogen-bond donors (Lipinski definition) is 6. The number of phenolic OH excluding ortho intramolecular Hbond substituents is 1. The molecule has 0 amide bonds. The third-order valence-corrected chi connectivity index (χ3v) is 7.32. The molecule has 3 aliphatic carbocycles. The number of aliphatic hydroxyl groups is 4. The molecule has 1 aromatic carbocycles. The van der Waals surface area contributed by atoms with Crippen LogP contribution in [-0.4, -0.2) is 91.0 Å². The van der Waals surface area contributed by atoms with E-state index >= 15 is 0 Å². The first-order chi connectivity index (χ1) is 14.9. The topological polar surface area (TPSA) is 176 Å². The van der Waals surface area contributed by atoms with Gasteiger partial charge in [0.25, 0.3) is 0 Å². The smallest absolute Gasteiger partial charge is 0.316 e. The van der Waals surface area contributed by atoms with Crippen molar-refractivity contribution in [3.8, 4) is 5.75 Å². The third kappa shape index (κ3) is 2.57. The van der Waals surface area contributed by atoms with Gasteiger partial charge in [-0.05, 0) is 31.6 Å². The maximum Gasteiger partial charge on any atom is 0.316 e. The second-order valence-corrected chi connectivity index (χ2v) is 9.05. The number of Topliss-reactive ketones (excluding diaryl/α,β-unsaturated/α-hetero) is 2. The van der Waals surface area contributed by atoms with Crippen molar-refractivity contribution in [2.45, 2.75) is 36.7 Å². The number of rotatable bonds is 2. The number of benzene rings is 1. The number of carboxylic acids is 1. The van der Waals surface area contributed by atoms with Crippen LogP contribution in [0.5, 0.6) is 5.75 Å². The Morgan fingerprint density at radius 1 is 1.09 bits per heavy atom. The number of aliphatic hydroxyl groups excluding tert-OH is 3. The molecule has 1 aromatic rings. The fourth-order valence-electron chi connectivity index (χ4n) is 5.90. The zero-order valence-corrected chi connectivity index (χ0v) is 17.6. The fraction of sp³-hybridized carbons (Fsp3) is 0.500. The van der Waals surface area contributed by atoms with Crippen LogP contribution in [0.25, 0.3) is 5.76 Å². The van der Waals surface area contributed by atoms with E-state index in [0.717, 1.165) is 0 Å². The average Bonchev–Trinajstić information content (AvgIpc) is 2.70. The Labute approximate surface area is 183 Å². The van der Waals surface area contributed by atoms with E-state index in [0.29, 0.717) is 5.56 Å². The largest absolute Gasteiger partial charge is 0.507 e. The summed E-state index contributed by atoms with van der Waals surface area (Å²) >= 11 is 0. The molecular formula is C22H25NO9. The van der Waals surface area contributed by atoms with Gasteiger partial charge < -0.3 is 35.5 Å². The van der Waals surface area contributed by atoms with Crippen LogP contribution in [0.1, 0.15) is 24.0 Å². The molecule has 172 valence electrons. The van der Waals surface area contributed by atoms with Crippen molar-refractivity contribution in [2.24, 2.45) is 17.8 Å². The highest BCUT2D eigenvalue weighted by molar-refractivity contribution is 6.24. The molecule has 32 heavy (non-hydrogen) atoms. The minimum absolute atomic E-state index is 0.0453. The van der Waals surface area contributed by atoms with E-state index in [1.54, 1.807) is 19.1 Å². The van der Waals surface area contributed by atoms with Gasteiger partial charge in [0.15, 0.2) is 11.4 Å². The molecule has 8 atom stereocenters. The standard InChI is InChI=1S/C22H25NO9/c1-7-8-5-4-6-9(24)11(8)16(25)12-10(7)17(26)14-15(23(2)3)18(27)13(21(30)31)20(29)22(14,32)19(12)28/h4-7,10,13-15,17-18,24-27,32H,1-3H3,(H,30,31)/t7-,10+,13?,14+,15-,17-,18?,22-/m0/s1. The van der Waals surface area contributed by atoms with E-state index < -0.39 is 76.4 Å². The summed E-state index contributed by atoms with van der Waals surface area (Å²) in [6, 6.07) is 3.22. The minimum Gasteiger partial charge on any atom is -0.507 e. The summed E-state index contributed by atoms with van der Waals surface area (Å²) in [5.41, 5.74) is -3.01. The van der Waals surface area contributed by atoms with Gasteiger partial charge in [-0.25, -0.2) is 0 Å². The lowest BCUT2D eigenvalue weighted by atomic mass is 9.52. The van der Waals surface area contributed by atoms with Crippen LogP contribution in [0, 0.1) is 17.8 Å². The minimum atomic E-state index is -2.99. The van der Waals surface area contributed by atoms with Gasteiger partial charge in [0.2, 0.25) is 5.78 Å². The zero-order valence-electron chi connectivity index (χ0n) is 17.6. The van der Waals surface area contributed by atoms with Crippen LogP contribution in [-0.2, 0) is 14.4 Å². The van der Waals surface area contributed by atoms with Crippen molar-refractivity contribution in [3.05, 3.63) is 34.9 Å². The lowest BCUT2D eigenvalue weighted by Crippen LogP contribution is -2.76. The van der Waals surface area contributed by atoms with Crippen molar-refractivity contribution in [3.63, 3.8) is 0 Å². The number of carboxylic acid groups (broad SMARTS) is 1. The number of hydrogen-bond acceptors (Lipinski definition) is 9. The summed E-state index contributed by atoms with van der Waals surface area (Å²) in [5, 5.41) is 64.3. The van der Waals surface area contributed by atoms with E-state index in [1.807, 2.05) is 0 Å². The Kier molecular flexibility index (Phi) is 4.98. The van der Waals surface area contributed by atoms with Crippen LogP contribution in [0.2, 0.25) is 0 Å². The monoisotopic (exact) mass is 447 g/mol. The Morgan fingerprint density at radius 2 is 1.72 bits per heavy atom. The summed E-state index contributed by atoms with van der Waals surface area (Å²) in [4.78, 5) is 39.9. The van der Waals surface area contributed by atoms with Crippen LogP contribution in [0.15, 0.2) is 23.8 Å². The molecule has 10 nitrogen and oxygen atoms in total. The second-order valence-electron chi connectivity index (χ2n) is 9.05. The molecule has 2 saturated carbocycles. The van der Waals surface area contributed by atoms with Gasteiger partial charge in [-0.15, -0.1) is 0 Å². The summed E-state index contributed by atoms with van der Waals surface area (Å²) in [7, 11) is 2.95. The SMILES string of the molecule is C[C@H]1c2cccc(O)c2C(O)=C2C(=O)[C@]3(O)C(=O)C(C(=O)O)C(O)[C@@H](N(C)C)[C@@H]3[C@@H](O)[C@@H]21. The van der Waals surface area contributed by atoms with E-state index in [-0.39, 0.29) is 11.3 Å². The van der Waals surface area contributed by atoms with Gasteiger partial charge in [0.05, 0.1) is 17.8 Å². The zero-order chi connectivity index (χ0) is 23.9. The number of phenols is 1. The Bertz CT molecular complexity index is 1060. The molecule has 4 rings (SSSR count). The first-order valence-electron chi connectivity index (χ1n) is 10.2. The highest BCUT2D eigenvalue weighted by atomic mass is 16.4. The predicted molar refractivity (Wildman–Crippen MR) is 109 cm³/mol. The number of carbonyl (C=O) groups is 3. The Morgan fingerprint density at radius 3 is 2.28 bits per heavy atom. The van der Waals surface area contributed by atoms with Gasteiger partial charge in [-0.1, -0.05) is 19.1 Å². The highest BCUT2D eigenvalue weighted by Gasteiger charge is 2.71. The summed E-state index contributed by atoms with van der Waals surface area (Å²) < 4.78 is 0. The molecule has 0 aliphatic heterocycles. The number of nitrogens with zero attached hydrogens (tertiary/aromatic N) is 1. The summed E-state index contributed by atoms with van der Waals surface area (Å²) in [5.74, 6) is -10.7. The van der Waals surface area contributed by atoms with Gasteiger partial charge in [-0.2, -0.15) is 0 Å². The van der Waals surface area contributed by atoms with Gasteiger partial charge in [0, 0.05) is 23.5 Å². The quantitative estimate of drug-likeness (QED) is 0.317. The number of fused-ring (bicyclic) bond motifs is 3. The maximum absolute atomic E-state index is 13.6. The lowest BCUT2D eigenvalue weighted by molar-refractivity contribution is -0.202. The molecular weight excluding hydrogens is 422 g/mol. The number of carbonyl (C=O) groups excluding carboxylic acids is 2. The van der Waals surface area contributed by atoms with E-state index in [9.17, 15) is 45.0 Å². The summed E-state index contributed by atoms with van der Waals surface area (Å²) in [6.07, 6.45) is -3.39. The number of likely N-dealkylation sites (N-methyl/N-ethyl adjacent to an activating group) is 1. The van der Waals surface area contributed by atoms with Crippen LogP contribution in [0.3, 0.4) is 0 Å². The molecule has 0 bridgehead atoms. The summed E-state index contributed by atoms with van der Waals surface area (Å²) in [6.45, 7) is 1.67. The van der Waals surface area contributed by atoms with E-state index in [1.165, 1.54) is 25.1 Å². The molecule has 0 aromatic heterocycles. The van der Waals surface area contributed by atoms with Crippen LogP contribution < -0.4 is 0 Å². The van der Waals surface area contributed by atoms with Crippen molar-refractivity contribution < 1.29 is 45.0 Å². The third-order valence-electron chi connectivity index (χ3n) is 7.32. The molecule has 3 aliphatic rings. The Hall–Kier alpha value is -2.79. The van der Waals surface area contributed by atoms with Crippen molar-refractivity contribution in [2.75, 3.05) is 14.1 Å². The van der Waals surface area contributed by atoms with Crippen molar-refractivity contribution in [1.29, 1.82) is 0 Å². The second kappa shape index (κ2) is 7.11. The molecule has 0 heterocycles. The molecule has 0 radical (unpaired) electrons. The normalized spacial score (nSPS) is 38.9. The molecule has 2 fully saturated rings. The van der Waals surface area contributed by atoms with Gasteiger partial charge >= 0.3 is 5.97 Å². The molecule has 10 heteroatoms. The van der Waals surface area contributed by atoms with E-state index in [2.05, 4.69) is 0 Å². The fourth-order valence-corrected chi connectivity index (χ4v) is 5.90. The molecule has 0 saturated heterocycles. The Balaban J connectivity index is 2.01. The average molecular weight is 447 g/mol. The highest BCUT2D eigenvalue weighted by Crippen LogP contribution is 2.55. The molecule has 2 unspecified atom stereocenters. The first-order valence-corrected chi connectivity index (χ1v) is 10.2. The van der Waals surface area contributed by atoms with E-state index in [4.69, 9.17) is 0 Å². The predicted octanol–water partition coefficient (Wildman–Crippen LogP) is -0.740. The first kappa shape index (κ1) is 22.4. The number of ketones is 2. The van der Waals surface area contributed by atoms with Crippen molar-refractivity contribution >= 4 is 23.3 Å². The van der Waals surface area contributed by atoms with Crippen molar-refractivity contribution in [1.82, 2.24) is 4.90 Å².